The minimum Gasteiger partial charge on any atom is -0.477 e. The normalized spacial score (nSPS) is 13.7. The second-order valence-electron chi connectivity index (χ2n) is 9.31. The molecule has 1 saturated heterocycles. The maximum atomic E-state index is 13.3. The smallest absolute Gasteiger partial charge is 0.345 e. The van der Waals surface area contributed by atoms with Gasteiger partial charge < -0.3 is 24.2 Å². The molecule has 1 aromatic heterocycles. The van der Waals surface area contributed by atoms with Crippen molar-refractivity contribution in [3.63, 3.8) is 0 Å². The number of hydrogen-bond donors (Lipinski definition) is 0. The molecular formula is C28H32ClFN4O4. The van der Waals surface area contributed by atoms with E-state index in [1.807, 2.05) is 19.0 Å². The number of hydrogen-bond acceptors (Lipinski definition) is 7. The number of benzene rings is 2. The summed E-state index contributed by atoms with van der Waals surface area (Å²) in [7, 11) is 3.97. The predicted octanol–water partition coefficient (Wildman–Crippen LogP) is 4.50. The molecule has 10 heteroatoms. The van der Waals surface area contributed by atoms with Crippen LogP contribution in [0, 0.1) is 5.82 Å². The van der Waals surface area contributed by atoms with Crippen molar-refractivity contribution in [2.24, 2.45) is 0 Å². The summed E-state index contributed by atoms with van der Waals surface area (Å²) in [5.41, 5.74) is 1.96. The van der Waals surface area contributed by atoms with E-state index < -0.39 is 5.97 Å². The largest absolute Gasteiger partial charge is 0.477 e. The third-order valence-corrected chi connectivity index (χ3v) is 6.56. The highest BCUT2D eigenvalue weighted by molar-refractivity contribution is 6.31. The summed E-state index contributed by atoms with van der Waals surface area (Å²) in [6, 6.07) is 10.9. The fraction of sp³-hybridized carbons (Fsp3) is 0.393. The van der Waals surface area contributed by atoms with Crippen LogP contribution in [0.25, 0.3) is 10.9 Å². The second-order valence-corrected chi connectivity index (χ2v) is 9.75. The lowest BCUT2D eigenvalue weighted by atomic mass is 10.1. The molecule has 0 unspecified atom stereocenters. The summed E-state index contributed by atoms with van der Waals surface area (Å²) >= 11 is 6.36. The zero-order chi connectivity index (χ0) is 27.2. The Bertz CT molecular complexity index is 1290. The number of halogens is 2. The molecule has 0 bridgehead atoms. The van der Waals surface area contributed by atoms with Gasteiger partial charge in [0.25, 0.3) is 5.91 Å². The molecule has 1 aliphatic rings. The van der Waals surface area contributed by atoms with Gasteiger partial charge in [-0.2, -0.15) is 0 Å². The van der Waals surface area contributed by atoms with Crippen LogP contribution < -0.4 is 9.64 Å². The molecule has 38 heavy (non-hydrogen) atoms. The molecule has 0 radical (unpaired) electrons. The van der Waals surface area contributed by atoms with Crippen LogP contribution >= 0.6 is 11.6 Å². The Kier molecular flexibility index (Phi) is 9.01. The van der Waals surface area contributed by atoms with Crippen molar-refractivity contribution in [1.82, 2.24) is 14.8 Å². The average Bonchev–Trinajstić information content (AvgIpc) is 2.90. The molecule has 1 amide bonds. The molecule has 202 valence electrons. The molecule has 3 aromatic rings. The Morgan fingerprint density at radius 2 is 1.79 bits per heavy atom. The van der Waals surface area contributed by atoms with Gasteiger partial charge in [0.1, 0.15) is 11.4 Å². The predicted molar refractivity (Wildman–Crippen MR) is 146 cm³/mol. The van der Waals surface area contributed by atoms with Crippen molar-refractivity contribution in [2.45, 2.75) is 13.3 Å². The maximum Gasteiger partial charge on any atom is 0.345 e. The number of piperazine rings is 1. The van der Waals surface area contributed by atoms with Gasteiger partial charge in [0.15, 0.2) is 0 Å². The van der Waals surface area contributed by atoms with Gasteiger partial charge >= 0.3 is 5.97 Å². The highest BCUT2D eigenvalue weighted by atomic mass is 35.5. The maximum absolute atomic E-state index is 13.3. The zero-order valence-electron chi connectivity index (χ0n) is 21.9. The number of esters is 1. The third kappa shape index (κ3) is 6.34. The van der Waals surface area contributed by atoms with Crippen molar-refractivity contribution in [3.05, 3.63) is 64.4 Å². The third-order valence-electron chi connectivity index (χ3n) is 6.33. The summed E-state index contributed by atoms with van der Waals surface area (Å²) in [6.45, 7) is 4.93. The molecule has 0 aliphatic carbocycles. The highest BCUT2D eigenvalue weighted by Crippen LogP contribution is 2.38. The van der Waals surface area contributed by atoms with E-state index in [1.54, 1.807) is 30.0 Å². The average molecular weight is 543 g/mol. The van der Waals surface area contributed by atoms with E-state index in [-0.39, 0.29) is 29.8 Å². The topological polar surface area (TPSA) is 75.2 Å². The fourth-order valence-corrected chi connectivity index (χ4v) is 4.65. The first-order valence-corrected chi connectivity index (χ1v) is 13.0. The molecule has 0 atom stereocenters. The SMILES string of the molecule is CCOC(=O)c1c(OCCCN(C)C)nc2ccc(Cl)cc2c1N1CCN(C(=O)c2ccc(F)cc2)CC1. The van der Waals surface area contributed by atoms with Crippen LogP contribution in [0.1, 0.15) is 34.1 Å². The quantitative estimate of drug-likeness (QED) is 0.291. The Morgan fingerprint density at radius 1 is 1.08 bits per heavy atom. The molecule has 4 rings (SSSR count). The lowest BCUT2D eigenvalue weighted by molar-refractivity contribution is 0.0520. The van der Waals surface area contributed by atoms with Crippen LogP contribution in [-0.2, 0) is 4.74 Å². The van der Waals surface area contributed by atoms with E-state index in [4.69, 9.17) is 21.1 Å². The number of ether oxygens (including phenoxy) is 2. The first-order chi connectivity index (χ1) is 18.3. The molecule has 0 saturated carbocycles. The van der Waals surface area contributed by atoms with Gasteiger partial charge in [0.05, 0.1) is 24.4 Å². The van der Waals surface area contributed by atoms with Crippen LogP contribution in [-0.4, -0.2) is 86.7 Å². The highest BCUT2D eigenvalue weighted by Gasteiger charge is 2.30. The molecule has 2 heterocycles. The summed E-state index contributed by atoms with van der Waals surface area (Å²) < 4.78 is 24.8. The first kappa shape index (κ1) is 27.6. The van der Waals surface area contributed by atoms with Gasteiger partial charge in [-0.1, -0.05) is 11.6 Å². The Morgan fingerprint density at radius 3 is 2.45 bits per heavy atom. The van der Waals surface area contributed by atoms with Crippen LogP contribution in [0.15, 0.2) is 42.5 Å². The van der Waals surface area contributed by atoms with Crippen molar-refractivity contribution in [1.29, 1.82) is 0 Å². The monoisotopic (exact) mass is 542 g/mol. The van der Waals surface area contributed by atoms with Crippen LogP contribution in [0.3, 0.4) is 0 Å². The van der Waals surface area contributed by atoms with Gasteiger partial charge in [-0.15, -0.1) is 0 Å². The van der Waals surface area contributed by atoms with E-state index in [2.05, 4.69) is 9.88 Å². The molecule has 0 spiro atoms. The number of rotatable bonds is 9. The van der Waals surface area contributed by atoms with Crippen molar-refractivity contribution >= 4 is 40.1 Å². The molecule has 8 nitrogen and oxygen atoms in total. The summed E-state index contributed by atoms with van der Waals surface area (Å²) in [6.07, 6.45) is 0.759. The zero-order valence-corrected chi connectivity index (χ0v) is 22.6. The molecule has 1 aliphatic heterocycles. The molecular weight excluding hydrogens is 511 g/mol. The molecule has 2 aromatic carbocycles. The number of anilines is 1. The summed E-state index contributed by atoms with van der Waals surface area (Å²) in [4.78, 5) is 36.8. The molecule has 1 fully saturated rings. The van der Waals surface area contributed by atoms with Gasteiger partial charge in [0.2, 0.25) is 5.88 Å². The number of fused-ring (bicyclic) bond motifs is 1. The Balaban J connectivity index is 1.67. The van der Waals surface area contributed by atoms with Crippen molar-refractivity contribution in [2.75, 3.05) is 64.9 Å². The molecule has 0 N–H and O–H groups in total. The van der Waals surface area contributed by atoms with E-state index in [0.717, 1.165) is 13.0 Å². The minimum absolute atomic E-state index is 0.164. The van der Waals surface area contributed by atoms with Crippen LogP contribution in [0.5, 0.6) is 5.88 Å². The summed E-state index contributed by atoms with van der Waals surface area (Å²) in [5.74, 6) is -0.857. The fourth-order valence-electron chi connectivity index (χ4n) is 4.47. The first-order valence-electron chi connectivity index (χ1n) is 12.7. The van der Waals surface area contributed by atoms with E-state index in [9.17, 15) is 14.0 Å². The number of aromatic nitrogens is 1. The Labute approximate surface area is 226 Å². The number of carbonyl (C=O) groups is 2. The van der Waals surface area contributed by atoms with Gasteiger partial charge in [0, 0.05) is 48.7 Å². The number of amides is 1. The standard InChI is InChI=1S/C28H32ClFN4O4/c1-4-37-28(36)24-25(33-13-15-34(16-14-33)27(35)19-6-9-21(30)10-7-19)22-18-20(29)8-11-23(22)31-26(24)38-17-5-12-32(2)3/h6-11,18H,4-5,12-17H2,1-3H3. The lowest BCUT2D eigenvalue weighted by Gasteiger charge is -2.37. The van der Waals surface area contributed by atoms with Gasteiger partial charge in [-0.05, 0) is 69.9 Å². The van der Waals surface area contributed by atoms with E-state index >= 15 is 0 Å². The number of carbonyl (C=O) groups excluding carboxylic acids is 2. The lowest BCUT2D eigenvalue weighted by Crippen LogP contribution is -2.49. The minimum atomic E-state index is -0.524. The number of pyridine rings is 1. The summed E-state index contributed by atoms with van der Waals surface area (Å²) in [5, 5.41) is 1.22. The van der Waals surface area contributed by atoms with Gasteiger partial charge in [-0.3, -0.25) is 4.79 Å². The van der Waals surface area contributed by atoms with Crippen LogP contribution in [0.4, 0.5) is 10.1 Å². The van der Waals surface area contributed by atoms with E-state index in [1.165, 1.54) is 24.3 Å². The Hall–Kier alpha value is -3.43. The van der Waals surface area contributed by atoms with Gasteiger partial charge in [-0.25, -0.2) is 14.2 Å². The van der Waals surface area contributed by atoms with Crippen LogP contribution in [0.2, 0.25) is 5.02 Å². The van der Waals surface area contributed by atoms with Crippen molar-refractivity contribution in [3.8, 4) is 5.88 Å². The number of nitrogens with zero attached hydrogens (tertiary/aromatic N) is 4. The second kappa shape index (κ2) is 12.4. The van der Waals surface area contributed by atoms with Crippen molar-refractivity contribution < 1.29 is 23.5 Å². The van der Waals surface area contributed by atoms with E-state index in [0.29, 0.717) is 60.0 Å².